The summed E-state index contributed by atoms with van der Waals surface area (Å²) in [6.07, 6.45) is 3.37. The number of ketones is 1. The Balaban J connectivity index is 2.33. The number of ether oxygens (including phenoxy) is 3. The van der Waals surface area contributed by atoms with Crippen molar-refractivity contribution in [2.45, 2.75) is 66.6 Å². The number of hydrogen-bond acceptors (Lipinski definition) is 4. The van der Waals surface area contributed by atoms with Gasteiger partial charge < -0.3 is 14.2 Å². The maximum atomic E-state index is 12.6. The number of hydrogen-bond donors (Lipinski definition) is 0. The minimum absolute atomic E-state index is 0.0739. The summed E-state index contributed by atoms with van der Waals surface area (Å²) in [6.45, 7) is 16.6. The Hall–Kier alpha value is -2.75. The summed E-state index contributed by atoms with van der Waals surface area (Å²) in [5.74, 6) is 2.18. The van der Waals surface area contributed by atoms with E-state index in [4.69, 9.17) is 14.2 Å². The molecule has 0 bridgehead atoms. The summed E-state index contributed by atoms with van der Waals surface area (Å²) in [4.78, 5) is 12.6. The van der Waals surface area contributed by atoms with Gasteiger partial charge in [-0.25, -0.2) is 0 Å². The average Bonchev–Trinajstić information content (AvgIpc) is 2.62. The van der Waals surface area contributed by atoms with Crippen molar-refractivity contribution in [1.29, 1.82) is 0 Å². The molecule has 0 N–H and O–H groups in total. The van der Waals surface area contributed by atoms with Gasteiger partial charge in [-0.3, -0.25) is 4.79 Å². The molecule has 0 spiro atoms. The van der Waals surface area contributed by atoms with Gasteiger partial charge >= 0.3 is 0 Å². The van der Waals surface area contributed by atoms with Crippen LogP contribution in [0.3, 0.4) is 0 Å². The molecular weight excluding hydrogens is 376 g/mol. The van der Waals surface area contributed by atoms with E-state index in [1.807, 2.05) is 67.5 Å². The number of rotatable bonds is 7. The standard InChI is InChI=1S/C26H34O4/c1-9-28-21-13-11-20(12-14-21)22(27)15-10-19-16-23(29-25(3,4)5)18(2)24(17-19)30-26(6,7)8/h10-17H,9H2,1-8H3/b15-10+. The van der Waals surface area contributed by atoms with E-state index in [9.17, 15) is 4.79 Å². The number of benzene rings is 2. The molecule has 4 heteroatoms. The minimum Gasteiger partial charge on any atom is -0.494 e. The largest absolute Gasteiger partial charge is 0.494 e. The van der Waals surface area contributed by atoms with Crippen molar-refractivity contribution in [3.05, 3.63) is 59.2 Å². The molecule has 0 heterocycles. The second kappa shape index (κ2) is 9.38. The van der Waals surface area contributed by atoms with E-state index in [0.29, 0.717) is 12.2 Å². The fourth-order valence-electron chi connectivity index (χ4n) is 2.80. The molecule has 30 heavy (non-hydrogen) atoms. The summed E-state index contributed by atoms with van der Waals surface area (Å²) in [5.41, 5.74) is 1.71. The lowest BCUT2D eigenvalue weighted by Crippen LogP contribution is -2.25. The molecule has 0 aliphatic carbocycles. The van der Waals surface area contributed by atoms with Gasteiger partial charge in [-0.1, -0.05) is 6.08 Å². The molecule has 4 nitrogen and oxygen atoms in total. The number of carbonyl (C=O) groups excluding carboxylic acids is 1. The van der Waals surface area contributed by atoms with E-state index < -0.39 is 0 Å². The maximum absolute atomic E-state index is 12.6. The molecule has 0 fully saturated rings. The lowest BCUT2D eigenvalue weighted by molar-refractivity contribution is 0.104. The molecule has 0 amide bonds. The monoisotopic (exact) mass is 410 g/mol. The predicted molar refractivity (Wildman–Crippen MR) is 123 cm³/mol. The molecule has 162 valence electrons. The highest BCUT2D eigenvalue weighted by Crippen LogP contribution is 2.34. The first-order chi connectivity index (χ1) is 13.9. The normalized spacial score (nSPS) is 12.1. The van der Waals surface area contributed by atoms with Crippen LogP contribution in [0, 0.1) is 6.92 Å². The molecule has 2 aromatic rings. The van der Waals surface area contributed by atoms with Crippen molar-refractivity contribution < 1.29 is 19.0 Å². The van der Waals surface area contributed by atoms with E-state index >= 15 is 0 Å². The number of carbonyl (C=O) groups is 1. The quantitative estimate of drug-likeness (QED) is 0.379. The summed E-state index contributed by atoms with van der Waals surface area (Å²) in [7, 11) is 0. The smallest absolute Gasteiger partial charge is 0.185 e. The van der Waals surface area contributed by atoms with Gasteiger partial charge in [-0.15, -0.1) is 0 Å². The van der Waals surface area contributed by atoms with Gasteiger partial charge in [-0.2, -0.15) is 0 Å². The Morgan fingerprint density at radius 3 is 1.83 bits per heavy atom. The van der Waals surface area contributed by atoms with Crippen LogP contribution in [0.5, 0.6) is 17.2 Å². The first kappa shape index (κ1) is 23.5. The van der Waals surface area contributed by atoms with Crippen LogP contribution in [-0.2, 0) is 0 Å². The molecule has 0 aliphatic heterocycles. The lowest BCUT2D eigenvalue weighted by atomic mass is 10.1. The fourth-order valence-corrected chi connectivity index (χ4v) is 2.80. The molecule has 0 unspecified atom stereocenters. The average molecular weight is 411 g/mol. The second-order valence-electron chi connectivity index (χ2n) is 9.23. The SMILES string of the molecule is CCOc1ccc(C(=O)/C=C/c2cc(OC(C)(C)C)c(C)c(OC(C)(C)C)c2)cc1. The zero-order valence-corrected chi connectivity index (χ0v) is 19.5. The van der Waals surface area contributed by atoms with Crippen molar-refractivity contribution in [1.82, 2.24) is 0 Å². The minimum atomic E-state index is -0.343. The molecule has 0 saturated heterocycles. The first-order valence-electron chi connectivity index (χ1n) is 10.4. The predicted octanol–water partition coefficient (Wildman–Crippen LogP) is 6.64. The lowest BCUT2D eigenvalue weighted by Gasteiger charge is -2.27. The van der Waals surface area contributed by atoms with Gasteiger partial charge in [0, 0.05) is 11.1 Å². The summed E-state index contributed by atoms with van der Waals surface area (Å²) >= 11 is 0. The van der Waals surface area contributed by atoms with Gasteiger partial charge in [0.05, 0.1) is 6.61 Å². The summed E-state index contributed by atoms with van der Waals surface area (Å²) in [6, 6.07) is 11.0. The van der Waals surface area contributed by atoms with Gasteiger partial charge in [0.15, 0.2) is 5.78 Å². The molecule has 0 saturated carbocycles. The van der Waals surface area contributed by atoms with Gasteiger partial charge in [0.1, 0.15) is 28.5 Å². The topological polar surface area (TPSA) is 44.8 Å². The maximum Gasteiger partial charge on any atom is 0.185 e. The van der Waals surface area contributed by atoms with Crippen LogP contribution in [0.2, 0.25) is 0 Å². The Morgan fingerprint density at radius 1 is 0.900 bits per heavy atom. The van der Waals surface area contributed by atoms with Crippen molar-refractivity contribution in [2.24, 2.45) is 0 Å². The van der Waals surface area contributed by atoms with Crippen LogP contribution >= 0.6 is 0 Å². The van der Waals surface area contributed by atoms with E-state index in [1.54, 1.807) is 36.4 Å². The summed E-state index contributed by atoms with van der Waals surface area (Å²) < 4.78 is 17.7. The van der Waals surface area contributed by atoms with Crippen LogP contribution in [-0.4, -0.2) is 23.6 Å². The molecular formula is C26H34O4. The van der Waals surface area contributed by atoms with Crippen molar-refractivity contribution >= 4 is 11.9 Å². The van der Waals surface area contributed by atoms with Gasteiger partial charge in [0.2, 0.25) is 0 Å². The van der Waals surface area contributed by atoms with Gasteiger partial charge in [-0.05, 0) is 103 Å². The molecule has 0 aromatic heterocycles. The number of allylic oxidation sites excluding steroid dienone is 1. The second-order valence-corrected chi connectivity index (χ2v) is 9.23. The Bertz CT molecular complexity index is 857. The van der Waals surface area contributed by atoms with Crippen LogP contribution in [0.1, 0.15) is 70.0 Å². The third-order valence-corrected chi connectivity index (χ3v) is 4.04. The molecule has 2 rings (SSSR count). The highest BCUT2D eigenvalue weighted by atomic mass is 16.5. The van der Waals surface area contributed by atoms with Crippen LogP contribution in [0.25, 0.3) is 6.08 Å². The zero-order chi connectivity index (χ0) is 22.5. The third-order valence-electron chi connectivity index (χ3n) is 4.04. The van der Waals surface area contributed by atoms with Crippen LogP contribution in [0.4, 0.5) is 0 Å². The molecule has 0 aliphatic rings. The van der Waals surface area contributed by atoms with Crippen LogP contribution in [0.15, 0.2) is 42.5 Å². The van der Waals surface area contributed by atoms with Crippen LogP contribution < -0.4 is 14.2 Å². The van der Waals surface area contributed by atoms with E-state index in [0.717, 1.165) is 28.4 Å². The molecule has 0 radical (unpaired) electrons. The Morgan fingerprint density at radius 2 is 1.40 bits per heavy atom. The van der Waals surface area contributed by atoms with E-state index in [1.165, 1.54) is 0 Å². The highest BCUT2D eigenvalue weighted by Gasteiger charge is 2.19. The summed E-state index contributed by atoms with van der Waals surface area (Å²) in [5, 5.41) is 0. The Kier molecular flexibility index (Phi) is 7.35. The van der Waals surface area contributed by atoms with Crippen molar-refractivity contribution in [3.8, 4) is 17.2 Å². The Labute approximate surface area is 180 Å². The first-order valence-corrected chi connectivity index (χ1v) is 10.4. The molecule has 2 aromatic carbocycles. The third kappa shape index (κ3) is 7.25. The van der Waals surface area contributed by atoms with E-state index in [-0.39, 0.29) is 17.0 Å². The molecule has 0 atom stereocenters. The van der Waals surface area contributed by atoms with Crippen molar-refractivity contribution in [3.63, 3.8) is 0 Å². The highest BCUT2D eigenvalue weighted by molar-refractivity contribution is 6.06. The fraction of sp³-hybridized carbons (Fsp3) is 0.423. The van der Waals surface area contributed by atoms with Crippen molar-refractivity contribution in [2.75, 3.05) is 6.61 Å². The zero-order valence-electron chi connectivity index (χ0n) is 19.5. The van der Waals surface area contributed by atoms with Gasteiger partial charge in [0.25, 0.3) is 0 Å². The van der Waals surface area contributed by atoms with E-state index in [2.05, 4.69) is 0 Å².